The first-order chi connectivity index (χ1) is 42.1. The van der Waals surface area contributed by atoms with Crippen molar-refractivity contribution in [3.8, 4) is 40.4 Å². The molecule has 0 amide bonds. The van der Waals surface area contributed by atoms with Crippen molar-refractivity contribution in [3.63, 3.8) is 0 Å². The molecule has 0 spiro atoms. The Bertz CT molecular complexity index is 3090. The lowest BCUT2D eigenvalue weighted by Crippen LogP contribution is -2.27. The third-order valence-corrected chi connectivity index (χ3v) is 15.7. The molecule has 5 aromatic carbocycles. The molecule has 15 nitrogen and oxygen atoms in total. The van der Waals surface area contributed by atoms with E-state index in [1.807, 2.05) is 84.9 Å². The first-order valence-electron chi connectivity index (χ1n) is 31.1. The third-order valence-electron chi connectivity index (χ3n) is 15.7. The van der Waals surface area contributed by atoms with Crippen LogP contribution in [-0.4, -0.2) is 87.3 Å². The Balaban J connectivity index is 0.815. The molecular formula is C71H85NO14. The van der Waals surface area contributed by atoms with Gasteiger partial charge in [0.05, 0.1) is 62.9 Å². The summed E-state index contributed by atoms with van der Waals surface area (Å²) in [5, 5.41) is 2.23. The molecule has 0 radical (unpaired) electrons. The van der Waals surface area contributed by atoms with Gasteiger partial charge in [-0.25, -0.2) is 24.2 Å². The van der Waals surface area contributed by atoms with Gasteiger partial charge in [0.1, 0.15) is 46.7 Å². The fraction of sp³-hybridized carbons (Fsp3) is 0.451. The molecule has 2 aliphatic rings. The minimum Gasteiger partial charge on any atom is -0.494 e. The Morgan fingerprint density at radius 1 is 0.430 bits per heavy atom. The Kier molecular flexibility index (Phi) is 25.9. The normalized spacial score (nSPS) is 16.5. The highest BCUT2D eigenvalue weighted by Crippen LogP contribution is 2.37. The number of pyridine rings is 1. The van der Waals surface area contributed by atoms with E-state index in [1.54, 1.807) is 24.3 Å². The van der Waals surface area contributed by atoms with Crippen LogP contribution in [0.3, 0.4) is 0 Å². The maximum absolute atomic E-state index is 13.9. The number of aromatic nitrogens is 1. The van der Waals surface area contributed by atoms with Crippen molar-refractivity contribution in [2.75, 3.05) is 46.2 Å². The topological polar surface area (TPSA) is 173 Å². The monoisotopic (exact) mass is 1180 g/mol. The highest BCUT2D eigenvalue weighted by Gasteiger charge is 2.28. The number of hydrogen-bond donors (Lipinski definition) is 0. The van der Waals surface area contributed by atoms with Crippen LogP contribution in [0.5, 0.6) is 40.4 Å². The van der Waals surface area contributed by atoms with E-state index in [2.05, 4.69) is 20.1 Å². The summed E-state index contributed by atoms with van der Waals surface area (Å²) in [5.74, 6) is 3.81. The molecule has 2 saturated carbocycles. The number of carbonyl (C=O) groups is 4. The van der Waals surface area contributed by atoms with Crippen molar-refractivity contribution >= 4 is 45.6 Å². The van der Waals surface area contributed by atoms with E-state index in [0.717, 1.165) is 162 Å². The summed E-state index contributed by atoms with van der Waals surface area (Å²) in [6, 6.07) is 33.7. The Hall–Kier alpha value is -8.07. The summed E-state index contributed by atoms with van der Waals surface area (Å²) in [4.78, 5) is 55.0. The van der Waals surface area contributed by atoms with Crippen LogP contribution < -0.4 is 28.4 Å². The van der Waals surface area contributed by atoms with Crippen LogP contribution in [0.2, 0.25) is 0 Å². The van der Waals surface area contributed by atoms with Crippen LogP contribution in [0, 0.1) is 11.8 Å². The van der Waals surface area contributed by atoms with Crippen molar-refractivity contribution in [1.82, 2.24) is 4.98 Å². The average molecular weight is 1180 g/mol. The van der Waals surface area contributed by atoms with E-state index < -0.39 is 11.9 Å². The first-order valence-corrected chi connectivity index (χ1v) is 31.1. The number of ether oxygens (including phenoxy) is 10. The predicted octanol–water partition coefficient (Wildman–Crippen LogP) is 16.1. The van der Waals surface area contributed by atoms with Gasteiger partial charge in [-0.15, -0.1) is 0 Å². The van der Waals surface area contributed by atoms with Gasteiger partial charge in [-0.1, -0.05) is 51.5 Å². The summed E-state index contributed by atoms with van der Waals surface area (Å²) < 4.78 is 59.0. The van der Waals surface area contributed by atoms with Crippen LogP contribution >= 0.6 is 0 Å². The number of fused-ring (bicyclic) bond motifs is 3. The molecule has 0 unspecified atom stereocenters. The van der Waals surface area contributed by atoms with Crippen molar-refractivity contribution in [2.45, 2.75) is 148 Å². The third kappa shape index (κ3) is 20.9. The highest BCUT2D eigenvalue weighted by molar-refractivity contribution is 6.11. The smallest absolute Gasteiger partial charge is 0.338 e. The second-order valence-electron chi connectivity index (χ2n) is 22.3. The van der Waals surface area contributed by atoms with Gasteiger partial charge in [-0.05, 0) is 223 Å². The Morgan fingerprint density at radius 2 is 0.814 bits per heavy atom. The first kappa shape index (κ1) is 63.9. The van der Waals surface area contributed by atoms with Gasteiger partial charge in [-0.3, -0.25) is 0 Å². The molecule has 0 N–H and O–H groups in total. The van der Waals surface area contributed by atoms with E-state index in [0.29, 0.717) is 85.9 Å². The number of esters is 4. The zero-order chi connectivity index (χ0) is 60.1. The molecule has 2 aliphatic carbocycles. The summed E-state index contributed by atoms with van der Waals surface area (Å²) >= 11 is 0. The zero-order valence-corrected chi connectivity index (χ0v) is 50.0. The number of hydrogen-bond acceptors (Lipinski definition) is 15. The molecule has 8 rings (SSSR count). The Morgan fingerprint density at radius 3 is 1.24 bits per heavy atom. The van der Waals surface area contributed by atoms with Crippen LogP contribution in [0.4, 0.5) is 0 Å². The van der Waals surface area contributed by atoms with Crippen molar-refractivity contribution in [2.24, 2.45) is 11.8 Å². The molecular weight excluding hydrogens is 1090 g/mol. The molecule has 458 valence electrons. The van der Waals surface area contributed by atoms with Crippen LogP contribution in [0.25, 0.3) is 21.7 Å². The molecule has 0 aliphatic heterocycles. The number of rotatable bonds is 36. The molecule has 0 bridgehead atoms. The van der Waals surface area contributed by atoms with Gasteiger partial charge in [-0.2, -0.15) is 0 Å². The molecule has 2 fully saturated rings. The quantitative estimate of drug-likeness (QED) is 0.0119. The van der Waals surface area contributed by atoms with Gasteiger partial charge in [0.15, 0.2) is 0 Å². The Labute approximate surface area is 506 Å². The molecule has 6 aromatic rings. The van der Waals surface area contributed by atoms with Crippen LogP contribution in [-0.2, 0) is 28.5 Å². The summed E-state index contributed by atoms with van der Waals surface area (Å²) in [6.45, 7) is 12.8. The lowest BCUT2D eigenvalue weighted by atomic mass is 9.88. The number of unbranched alkanes of at least 4 members (excludes halogenated alkanes) is 9. The van der Waals surface area contributed by atoms with Crippen molar-refractivity contribution < 1.29 is 66.5 Å². The number of nitrogens with zero attached hydrogens (tertiary/aromatic N) is 1. The zero-order valence-electron chi connectivity index (χ0n) is 50.0. The van der Waals surface area contributed by atoms with E-state index in [1.165, 1.54) is 18.6 Å². The fourth-order valence-corrected chi connectivity index (χ4v) is 10.7. The molecule has 1 heterocycles. The molecule has 86 heavy (non-hydrogen) atoms. The van der Waals surface area contributed by atoms with Gasteiger partial charge in [0.2, 0.25) is 5.88 Å². The van der Waals surface area contributed by atoms with E-state index in [-0.39, 0.29) is 30.0 Å². The average Bonchev–Trinajstić information content (AvgIpc) is 1.35. The van der Waals surface area contributed by atoms with Crippen LogP contribution in [0.15, 0.2) is 135 Å². The summed E-state index contributed by atoms with van der Waals surface area (Å²) in [7, 11) is 0. The fourth-order valence-electron chi connectivity index (χ4n) is 10.7. The molecule has 1 aromatic heterocycles. The van der Waals surface area contributed by atoms with Gasteiger partial charge < -0.3 is 47.4 Å². The predicted molar refractivity (Wildman–Crippen MR) is 332 cm³/mol. The number of benzene rings is 5. The van der Waals surface area contributed by atoms with Crippen molar-refractivity contribution in [1.29, 1.82) is 0 Å². The van der Waals surface area contributed by atoms with Gasteiger partial charge in [0.25, 0.3) is 0 Å². The van der Waals surface area contributed by atoms with Gasteiger partial charge in [0, 0.05) is 22.9 Å². The molecule has 0 atom stereocenters. The summed E-state index contributed by atoms with van der Waals surface area (Å²) in [5.41, 5.74) is 1.33. The maximum atomic E-state index is 13.9. The highest BCUT2D eigenvalue weighted by atomic mass is 16.6. The number of carbonyl (C=O) groups excluding carboxylic acids is 4. The lowest BCUT2D eigenvalue weighted by molar-refractivity contribution is -0.138. The largest absolute Gasteiger partial charge is 0.494 e. The second-order valence-corrected chi connectivity index (χ2v) is 22.3. The SMILES string of the molecule is C=CC(=O)OCCCCCCOc1ccc(OCC2CCC(OC(=O)c3ccc4c(c3)nc(Oc3ccc(OCCCCCC)cc3)c3cc(C(=O)OC5CCC(COc6ccc(OCCCCCCOC(=O)C=C)cc6)CC5)ccc34)CC2)cc1. The van der Waals surface area contributed by atoms with Crippen molar-refractivity contribution in [3.05, 3.63) is 146 Å². The molecule has 0 saturated heterocycles. The maximum Gasteiger partial charge on any atom is 0.338 e. The lowest BCUT2D eigenvalue weighted by Gasteiger charge is -2.28. The second kappa shape index (κ2) is 34.8. The van der Waals surface area contributed by atoms with Gasteiger partial charge >= 0.3 is 23.9 Å². The van der Waals surface area contributed by atoms with E-state index in [9.17, 15) is 19.2 Å². The summed E-state index contributed by atoms with van der Waals surface area (Å²) in [6.07, 6.45) is 20.2. The van der Waals surface area contributed by atoms with E-state index in [4.69, 9.17) is 52.4 Å². The minimum atomic E-state index is -0.411. The van der Waals surface area contributed by atoms with E-state index >= 15 is 0 Å². The molecule has 15 heteroatoms. The standard InChI is InChI=1S/C71H85NO14/c1-4-7-8-13-42-77-57-36-38-60(39-37-57)84-69-65-47-53(70(75)85-61-24-18-51(19-25-61)49-82-58-32-28-55(29-33-58)78-43-14-9-11-16-45-80-67(73)5-2)22-40-63(65)64-41-23-54(48-66(64)72-69)71(76)86-62-26-20-52(21-27-62)50-83-59-34-30-56(31-35-59)79-44-15-10-12-17-46-81-68(74)6-3/h5-6,22-23,28-41,47-48,51-52,61-62H,2-4,7-21,24-27,42-46,49-50H2,1H3. The minimum absolute atomic E-state index is 0.214. The van der Waals surface area contributed by atoms with Crippen LogP contribution in [0.1, 0.15) is 156 Å².